The Kier molecular flexibility index (Phi) is 3.40. The fourth-order valence-corrected chi connectivity index (χ4v) is 2.92. The van der Waals surface area contributed by atoms with Crippen LogP contribution in [0.5, 0.6) is 0 Å². The summed E-state index contributed by atoms with van der Waals surface area (Å²) in [6.45, 7) is 3.73. The Bertz CT molecular complexity index is 576. The molecule has 0 amide bonds. The Morgan fingerprint density at radius 2 is 2.11 bits per heavy atom. The van der Waals surface area contributed by atoms with Crippen LogP contribution in [-0.4, -0.2) is 5.78 Å². The second-order valence-corrected chi connectivity index (χ2v) is 6.24. The number of ketones is 1. The molecule has 0 bridgehead atoms. The van der Waals surface area contributed by atoms with E-state index in [1.54, 1.807) is 6.07 Å². The van der Waals surface area contributed by atoms with Gasteiger partial charge in [0.1, 0.15) is 11.2 Å². The third-order valence-corrected chi connectivity index (χ3v) is 4.22. The zero-order valence-corrected chi connectivity index (χ0v) is 11.7. The predicted molar refractivity (Wildman–Crippen MR) is 71.2 cm³/mol. The summed E-state index contributed by atoms with van der Waals surface area (Å²) in [6.07, 6.45) is 1.55. The SMILES string of the molecule is CC1(C)CCC(C#N)(Cc2ccc(F)c(Cl)c2)C1=O. The first kappa shape index (κ1) is 14.0. The van der Waals surface area contributed by atoms with Crippen LogP contribution in [0.4, 0.5) is 4.39 Å². The molecule has 1 aromatic rings. The molecule has 1 atom stereocenters. The lowest BCUT2D eigenvalue weighted by atomic mass is 9.77. The summed E-state index contributed by atoms with van der Waals surface area (Å²) in [5.74, 6) is -0.516. The summed E-state index contributed by atoms with van der Waals surface area (Å²) in [4.78, 5) is 12.4. The number of halogens is 2. The van der Waals surface area contributed by atoms with E-state index in [0.29, 0.717) is 19.3 Å². The van der Waals surface area contributed by atoms with Crippen LogP contribution in [0.25, 0.3) is 0 Å². The van der Waals surface area contributed by atoms with Crippen LogP contribution in [0.2, 0.25) is 5.02 Å². The normalized spacial score (nSPS) is 25.3. The minimum atomic E-state index is -0.995. The molecule has 0 aliphatic heterocycles. The molecule has 1 fully saturated rings. The Labute approximate surface area is 117 Å². The van der Waals surface area contributed by atoms with Gasteiger partial charge in [-0.25, -0.2) is 4.39 Å². The molecule has 4 heteroatoms. The van der Waals surface area contributed by atoms with Crippen molar-refractivity contribution < 1.29 is 9.18 Å². The van der Waals surface area contributed by atoms with E-state index < -0.39 is 16.6 Å². The quantitative estimate of drug-likeness (QED) is 0.823. The van der Waals surface area contributed by atoms with E-state index >= 15 is 0 Å². The van der Waals surface area contributed by atoms with E-state index in [0.717, 1.165) is 5.56 Å². The molecule has 19 heavy (non-hydrogen) atoms. The number of nitrogens with zero attached hydrogens (tertiary/aromatic N) is 1. The second kappa shape index (κ2) is 4.61. The van der Waals surface area contributed by atoms with Crippen LogP contribution in [0, 0.1) is 28.0 Å². The lowest BCUT2D eigenvalue weighted by Crippen LogP contribution is -2.33. The van der Waals surface area contributed by atoms with E-state index in [9.17, 15) is 14.4 Å². The van der Waals surface area contributed by atoms with Crippen LogP contribution >= 0.6 is 11.6 Å². The van der Waals surface area contributed by atoms with Crippen molar-refractivity contribution in [1.29, 1.82) is 5.26 Å². The minimum Gasteiger partial charge on any atom is -0.297 e. The van der Waals surface area contributed by atoms with Crippen molar-refractivity contribution in [3.05, 3.63) is 34.6 Å². The van der Waals surface area contributed by atoms with Gasteiger partial charge in [-0.15, -0.1) is 0 Å². The molecule has 0 heterocycles. The highest BCUT2D eigenvalue weighted by Crippen LogP contribution is 2.47. The number of carbonyl (C=O) groups is 1. The largest absolute Gasteiger partial charge is 0.297 e. The smallest absolute Gasteiger partial charge is 0.158 e. The molecule has 1 aromatic carbocycles. The van der Waals surface area contributed by atoms with Crippen LogP contribution in [0.1, 0.15) is 32.3 Å². The molecule has 2 nitrogen and oxygen atoms in total. The zero-order valence-electron chi connectivity index (χ0n) is 11.0. The van der Waals surface area contributed by atoms with Gasteiger partial charge < -0.3 is 0 Å². The maximum absolute atomic E-state index is 13.1. The van der Waals surface area contributed by atoms with Crippen molar-refractivity contribution in [3.8, 4) is 6.07 Å². The van der Waals surface area contributed by atoms with E-state index in [4.69, 9.17) is 11.6 Å². The number of Topliss-reactive ketones (excluding diaryl/α,β-unsaturated/α-hetero) is 1. The Hall–Kier alpha value is -1.40. The first-order valence-corrected chi connectivity index (χ1v) is 6.59. The number of carbonyl (C=O) groups excluding carboxylic acids is 1. The van der Waals surface area contributed by atoms with Crippen molar-refractivity contribution in [2.24, 2.45) is 10.8 Å². The minimum absolute atomic E-state index is 0.0234. The summed E-state index contributed by atoms with van der Waals surface area (Å²) in [7, 11) is 0. The Balaban J connectivity index is 2.33. The lowest BCUT2D eigenvalue weighted by molar-refractivity contribution is -0.130. The van der Waals surface area contributed by atoms with E-state index in [1.165, 1.54) is 12.1 Å². The molecule has 0 aromatic heterocycles. The van der Waals surface area contributed by atoms with Gasteiger partial charge >= 0.3 is 0 Å². The van der Waals surface area contributed by atoms with Gasteiger partial charge in [0.25, 0.3) is 0 Å². The van der Waals surface area contributed by atoms with Crippen LogP contribution in [0.3, 0.4) is 0 Å². The van der Waals surface area contributed by atoms with E-state index in [1.807, 2.05) is 13.8 Å². The summed E-state index contributed by atoms with van der Waals surface area (Å²) in [5.41, 5.74) is -0.733. The summed E-state index contributed by atoms with van der Waals surface area (Å²) >= 11 is 5.74. The van der Waals surface area contributed by atoms with Crippen molar-refractivity contribution in [3.63, 3.8) is 0 Å². The van der Waals surface area contributed by atoms with Gasteiger partial charge in [-0.1, -0.05) is 31.5 Å². The molecule has 0 spiro atoms. The molecule has 0 radical (unpaired) electrons. The molecule has 1 unspecified atom stereocenters. The number of hydrogen-bond acceptors (Lipinski definition) is 2. The van der Waals surface area contributed by atoms with Crippen LogP contribution < -0.4 is 0 Å². The number of nitriles is 1. The summed E-state index contributed by atoms with van der Waals surface area (Å²) < 4.78 is 13.1. The molecule has 2 rings (SSSR count). The summed E-state index contributed by atoms with van der Waals surface area (Å²) in [5, 5.41) is 9.45. The van der Waals surface area contributed by atoms with Crippen molar-refractivity contribution in [2.45, 2.75) is 33.1 Å². The van der Waals surface area contributed by atoms with Gasteiger partial charge in [-0.3, -0.25) is 4.79 Å². The van der Waals surface area contributed by atoms with Gasteiger partial charge in [0, 0.05) is 5.41 Å². The molecule has 0 N–H and O–H groups in total. The van der Waals surface area contributed by atoms with Crippen LogP contribution in [0.15, 0.2) is 18.2 Å². The highest BCUT2D eigenvalue weighted by Gasteiger charge is 2.52. The third kappa shape index (κ3) is 2.37. The lowest BCUT2D eigenvalue weighted by Gasteiger charge is -2.22. The van der Waals surface area contributed by atoms with Crippen LogP contribution in [-0.2, 0) is 11.2 Å². The zero-order chi connectivity index (χ0) is 14.3. The Morgan fingerprint density at radius 1 is 1.42 bits per heavy atom. The number of hydrogen-bond donors (Lipinski definition) is 0. The highest BCUT2D eigenvalue weighted by atomic mass is 35.5. The fourth-order valence-electron chi connectivity index (χ4n) is 2.71. The standard InChI is InChI=1S/C15H15ClFNO/c1-14(2)5-6-15(9-18,13(14)19)8-10-3-4-12(17)11(16)7-10/h3-4,7H,5-6,8H2,1-2H3. The number of rotatable bonds is 2. The summed E-state index contributed by atoms with van der Waals surface area (Å²) in [6, 6.07) is 6.53. The average Bonchev–Trinajstić information content (AvgIpc) is 2.59. The molecule has 1 aliphatic carbocycles. The molecule has 1 aliphatic rings. The maximum atomic E-state index is 13.1. The molecular weight excluding hydrogens is 265 g/mol. The first-order valence-electron chi connectivity index (χ1n) is 6.21. The van der Waals surface area contributed by atoms with E-state index in [2.05, 4.69) is 6.07 Å². The van der Waals surface area contributed by atoms with Crippen molar-refractivity contribution in [2.75, 3.05) is 0 Å². The Morgan fingerprint density at radius 3 is 2.58 bits per heavy atom. The first-order chi connectivity index (χ1) is 8.81. The molecular formula is C15H15ClFNO. The molecule has 0 saturated heterocycles. The topological polar surface area (TPSA) is 40.9 Å². The van der Waals surface area contributed by atoms with Gasteiger partial charge in [0.05, 0.1) is 11.1 Å². The highest BCUT2D eigenvalue weighted by molar-refractivity contribution is 6.30. The third-order valence-electron chi connectivity index (χ3n) is 3.93. The average molecular weight is 280 g/mol. The van der Waals surface area contributed by atoms with Gasteiger partial charge in [-0.05, 0) is 37.0 Å². The number of benzene rings is 1. The molecule has 1 saturated carbocycles. The monoisotopic (exact) mass is 279 g/mol. The van der Waals surface area contributed by atoms with Crippen molar-refractivity contribution in [1.82, 2.24) is 0 Å². The maximum Gasteiger partial charge on any atom is 0.158 e. The molecule has 100 valence electrons. The van der Waals surface area contributed by atoms with Gasteiger partial charge in [0.2, 0.25) is 0 Å². The van der Waals surface area contributed by atoms with Gasteiger partial charge in [-0.2, -0.15) is 5.26 Å². The van der Waals surface area contributed by atoms with E-state index in [-0.39, 0.29) is 10.8 Å². The van der Waals surface area contributed by atoms with Gasteiger partial charge in [0.15, 0.2) is 5.78 Å². The fraction of sp³-hybridized carbons (Fsp3) is 0.467. The second-order valence-electron chi connectivity index (χ2n) is 5.83. The predicted octanol–water partition coefficient (Wildman–Crippen LogP) is 3.92. The van der Waals surface area contributed by atoms with Crippen molar-refractivity contribution >= 4 is 17.4 Å².